The van der Waals surface area contributed by atoms with Crippen molar-refractivity contribution in [2.24, 2.45) is 5.92 Å². The first-order valence-corrected chi connectivity index (χ1v) is 20.0. The zero-order valence-corrected chi connectivity index (χ0v) is 31.3. The van der Waals surface area contributed by atoms with Gasteiger partial charge in [0.15, 0.2) is 0 Å². The summed E-state index contributed by atoms with van der Waals surface area (Å²) in [6, 6.07) is 15.8. The van der Waals surface area contributed by atoms with Crippen molar-refractivity contribution in [3.63, 3.8) is 0 Å². The summed E-state index contributed by atoms with van der Waals surface area (Å²) in [7, 11) is 0. The van der Waals surface area contributed by atoms with Crippen LogP contribution in [-0.2, 0) is 30.9 Å². The predicted octanol–water partition coefficient (Wildman–Crippen LogP) is 6.05. The van der Waals surface area contributed by atoms with E-state index in [9.17, 15) is 0 Å². The van der Waals surface area contributed by atoms with E-state index in [0.29, 0.717) is 18.0 Å². The zero-order chi connectivity index (χ0) is 35.6. The molecule has 4 fully saturated rings. The summed E-state index contributed by atoms with van der Waals surface area (Å²) in [4.78, 5) is 30.0. The molecule has 2 atom stereocenters. The number of anilines is 1. The van der Waals surface area contributed by atoms with Crippen molar-refractivity contribution in [2.75, 3.05) is 57.4 Å². The number of aryl methyl sites for hydroxylation is 1. The lowest BCUT2D eigenvalue weighted by Crippen LogP contribution is -2.38. The van der Waals surface area contributed by atoms with Gasteiger partial charge in [-0.05, 0) is 119 Å². The molecule has 0 aromatic carbocycles. The van der Waals surface area contributed by atoms with Gasteiger partial charge in [0.25, 0.3) is 0 Å². The van der Waals surface area contributed by atoms with E-state index in [1.165, 1.54) is 66.3 Å². The van der Waals surface area contributed by atoms with Crippen LogP contribution in [0.25, 0.3) is 5.65 Å². The van der Waals surface area contributed by atoms with Gasteiger partial charge in [0, 0.05) is 70.3 Å². The third-order valence-corrected chi connectivity index (χ3v) is 12.2. The largest absolute Gasteiger partial charge is 0.378 e. The first-order chi connectivity index (χ1) is 26.2. The SMILES string of the molecule is Cc1cccnc1CN1CCCC1c1nccn1CC1CCN(Cc2ccnc(C3CCCN3Cc3nc4ccccn4c3N3CCOCC3)c2)CC1. The highest BCUT2D eigenvalue weighted by Gasteiger charge is 2.32. The number of nitrogens with zero attached hydrogens (tertiary/aromatic N) is 10. The Labute approximate surface area is 313 Å². The first kappa shape index (κ1) is 34.6. The minimum Gasteiger partial charge on any atom is -0.378 e. The van der Waals surface area contributed by atoms with E-state index in [2.05, 4.69) is 84.3 Å². The highest BCUT2D eigenvalue weighted by Crippen LogP contribution is 2.36. The molecule has 9 heterocycles. The molecule has 278 valence electrons. The summed E-state index contributed by atoms with van der Waals surface area (Å²) >= 11 is 0. The molecule has 53 heavy (non-hydrogen) atoms. The van der Waals surface area contributed by atoms with Crippen LogP contribution in [0, 0.1) is 12.8 Å². The van der Waals surface area contributed by atoms with E-state index in [1.54, 1.807) is 0 Å². The second-order valence-corrected chi connectivity index (χ2v) is 15.7. The van der Waals surface area contributed by atoms with Gasteiger partial charge in [-0.2, -0.15) is 0 Å². The van der Waals surface area contributed by atoms with Crippen LogP contribution < -0.4 is 4.90 Å². The van der Waals surface area contributed by atoms with Crippen LogP contribution in [0.15, 0.2) is 73.4 Å². The molecule has 0 N–H and O–H groups in total. The standard InChI is InChI=1S/C42H54N10O/c1-32-7-4-14-43-36(32)30-50-18-6-9-39(50)41-45-16-22-51(41)29-33-12-20-47(21-13-33)28-34-11-15-44-35(27-34)38-8-5-17-49(38)31-37-42(48-23-25-53-26-24-48)52-19-3-2-10-40(52)46-37/h2-4,7,10-11,14-16,19,22,27,33,38-39H,5-6,8-9,12-13,17-18,20-21,23-26,28-31H2,1H3. The van der Waals surface area contributed by atoms with Crippen molar-refractivity contribution in [3.8, 4) is 0 Å². The van der Waals surface area contributed by atoms with Gasteiger partial charge in [-0.1, -0.05) is 12.1 Å². The van der Waals surface area contributed by atoms with Crippen molar-refractivity contribution in [1.29, 1.82) is 0 Å². The van der Waals surface area contributed by atoms with E-state index in [1.807, 2.05) is 24.7 Å². The van der Waals surface area contributed by atoms with Crippen LogP contribution in [0.5, 0.6) is 0 Å². The summed E-state index contributed by atoms with van der Waals surface area (Å²) in [6.45, 7) is 13.7. The quantitative estimate of drug-likeness (QED) is 0.162. The van der Waals surface area contributed by atoms with E-state index >= 15 is 0 Å². The normalized spacial score (nSPS) is 22.4. The lowest BCUT2D eigenvalue weighted by molar-refractivity contribution is 0.122. The first-order valence-electron chi connectivity index (χ1n) is 20.0. The second kappa shape index (κ2) is 15.7. The Kier molecular flexibility index (Phi) is 10.2. The predicted molar refractivity (Wildman–Crippen MR) is 206 cm³/mol. The van der Waals surface area contributed by atoms with Crippen molar-refractivity contribution in [2.45, 2.75) is 83.7 Å². The Balaban J connectivity index is 0.816. The number of pyridine rings is 3. The van der Waals surface area contributed by atoms with Gasteiger partial charge < -0.3 is 14.2 Å². The number of hydrogen-bond donors (Lipinski definition) is 0. The molecule has 2 unspecified atom stereocenters. The molecule has 0 spiro atoms. The average molecular weight is 715 g/mol. The summed E-state index contributed by atoms with van der Waals surface area (Å²) in [6.07, 6.45) is 17.5. The molecule has 0 aliphatic carbocycles. The molecule has 5 aromatic heterocycles. The summed E-state index contributed by atoms with van der Waals surface area (Å²) in [5.41, 5.74) is 7.22. The smallest absolute Gasteiger partial charge is 0.138 e. The fourth-order valence-electron chi connectivity index (χ4n) is 9.39. The number of aromatic nitrogens is 6. The molecule has 4 aliphatic rings. The molecule has 0 saturated carbocycles. The third-order valence-electron chi connectivity index (χ3n) is 12.2. The third kappa shape index (κ3) is 7.49. The minimum atomic E-state index is 0.316. The molecule has 0 radical (unpaired) electrons. The van der Waals surface area contributed by atoms with E-state index in [0.717, 1.165) is 96.4 Å². The molecule has 0 bridgehead atoms. The van der Waals surface area contributed by atoms with Gasteiger partial charge >= 0.3 is 0 Å². The zero-order valence-electron chi connectivity index (χ0n) is 31.3. The van der Waals surface area contributed by atoms with Crippen molar-refractivity contribution >= 4 is 11.5 Å². The number of likely N-dealkylation sites (tertiary alicyclic amines) is 3. The lowest BCUT2D eigenvalue weighted by atomic mass is 9.96. The van der Waals surface area contributed by atoms with Gasteiger partial charge in [0.1, 0.15) is 17.3 Å². The Hall–Kier alpha value is -4.16. The maximum absolute atomic E-state index is 5.69. The number of piperidine rings is 1. The van der Waals surface area contributed by atoms with Gasteiger partial charge in [-0.25, -0.2) is 9.97 Å². The lowest BCUT2D eigenvalue weighted by Gasteiger charge is -2.33. The molecule has 4 saturated heterocycles. The molecular formula is C42H54N10O. The number of imidazole rings is 2. The second-order valence-electron chi connectivity index (χ2n) is 15.7. The van der Waals surface area contributed by atoms with Crippen molar-refractivity contribution < 1.29 is 4.74 Å². The van der Waals surface area contributed by atoms with Crippen molar-refractivity contribution in [1.82, 2.24) is 43.6 Å². The van der Waals surface area contributed by atoms with Crippen LogP contribution in [0.2, 0.25) is 0 Å². The summed E-state index contributed by atoms with van der Waals surface area (Å²) in [5, 5.41) is 0. The molecule has 0 amide bonds. The summed E-state index contributed by atoms with van der Waals surface area (Å²) in [5.74, 6) is 3.14. The van der Waals surface area contributed by atoms with Gasteiger partial charge in [-0.15, -0.1) is 0 Å². The Bertz CT molecular complexity index is 1980. The average Bonchev–Trinajstić information content (AvgIpc) is 4.01. The van der Waals surface area contributed by atoms with Crippen LogP contribution in [0.1, 0.15) is 84.6 Å². The van der Waals surface area contributed by atoms with E-state index in [-0.39, 0.29) is 0 Å². The Morgan fingerprint density at radius 3 is 2.38 bits per heavy atom. The maximum atomic E-state index is 5.69. The molecule has 11 nitrogen and oxygen atoms in total. The molecule has 9 rings (SSSR count). The van der Waals surface area contributed by atoms with Crippen LogP contribution >= 0.6 is 0 Å². The monoisotopic (exact) mass is 714 g/mol. The fourth-order valence-corrected chi connectivity index (χ4v) is 9.39. The molecular weight excluding hydrogens is 661 g/mol. The highest BCUT2D eigenvalue weighted by molar-refractivity contribution is 5.57. The number of morpholine rings is 1. The number of fused-ring (bicyclic) bond motifs is 1. The van der Waals surface area contributed by atoms with E-state index in [4.69, 9.17) is 24.7 Å². The van der Waals surface area contributed by atoms with Crippen molar-refractivity contribution in [3.05, 3.63) is 107 Å². The topological polar surface area (TPSA) is 83.1 Å². The highest BCUT2D eigenvalue weighted by atomic mass is 16.5. The fraction of sp³-hybridized carbons (Fsp3) is 0.524. The Morgan fingerprint density at radius 2 is 1.53 bits per heavy atom. The Morgan fingerprint density at radius 1 is 0.717 bits per heavy atom. The van der Waals surface area contributed by atoms with E-state index < -0.39 is 0 Å². The number of hydrogen-bond acceptors (Lipinski definition) is 9. The summed E-state index contributed by atoms with van der Waals surface area (Å²) < 4.78 is 10.4. The molecule has 5 aromatic rings. The van der Waals surface area contributed by atoms with Gasteiger partial charge in [0.05, 0.1) is 42.4 Å². The van der Waals surface area contributed by atoms with Crippen LogP contribution in [-0.4, -0.2) is 96.1 Å². The van der Waals surface area contributed by atoms with Gasteiger partial charge in [-0.3, -0.25) is 29.1 Å². The molecule has 11 heteroatoms. The van der Waals surface area contributed by atoms with Crippen LogP contribution in [0.3, 0.4) is 0 Å². The molecule has 4 aliphatic heterocycles. The maximum Gasteiger partial charge on any atom is 0.138 e. The number of rotatable bonds is 11. The minimum absolute atomic E-state index is 0.316. The van der Waals surface area contributed by atoms with Gasteiger partial charge in [0.2, 0.25) is 0 Å². The van der Waals surface area contributed by atoms with Crippen LogP contribution in [0.4, 0.5) is 5.82 Å². The number of ether oxygens (including phenoxy) is 1.